The second-order valence-corrected chi connectivity index (χ2v) is 5.28. The van der Waals surface area contributed by atoms with Gasteiger partial charge in [-0.3, -0.25) is 4.79 Å². The molecule has 1 aliphatic rings. The van der Waals surface area contributed by atoms with Gasteiger partial charge < -0.3 is 24.4 Å². The number of carboxylic acid groups (broad SMARTS) is 1. The highest BCUT2D eigenvalue weighted by Gasteiger charge is 2.39. The van der Waals surface area contributed by atoms with Crippen molar-refractivity contribution in [1.82, 2.24) is 9.80 Å². The summed E-state index contributed by atoms with van der Waals surface area (Å²) >= 11 is 0. The number of amides is 2. The molecule has 2 atom stereocenters. The first-order chi connectivity index (χ1) is 10.0. The number of hydrogen-bond donors (Lipinski definition) is 1. The minimum Gasteiger partial charge on any atom is -0.481 e. The molecule has 1 N–H and O–H groups in total. The lowest BCUT2D eigenvalue weighted by atomic mass is 10.0. The van der Waals surface area contributed by atoms with Crippen LogP contribution in [-0.2, 0) is 14.3 Å². The number of carbonyl (C=O) groups is 2. The fourth-order valence-corrected chi connectivity index (χ4v) is 2.63. The molecule has 0 aromatic rings. The number of hydrogen-bond acceptors (Lipinski definition) is 4. The Morgan fingerprint density at radius 3 is 2.43 bits per heavy atom. The molecule has 1 saturated heterocycles. The number of likely N-dealkylation sites (tertiary alicyclic amines) is 1. The van der Waals surface area contributed by atoms with Gasteiger partial charge in [-0.2, -0.15) is 0 Å². The third kappa shape index (κ3) is 4.86. The Balaban J connectivity index is 2.64. The fraction of sp³-hybridized carbons (Fsp3) is 0.857. The molecule has 0 aliphatic carbocycles. The van der Waals surface area contributed by atoms with Gasteiger partial charge in [-0.25, -0.2) is 4.79 Å². The molecule has 1 fully saturated rings. The summed E-state index contributed by atoms with van der Waals surface area (Å²) in [7, 11) is 3.22. The van der Waals surface area contributed by atoms with Crippen molar-refractivity contribution < 1.29 is 24.2 Å². The van der Waals surface area contributed by atoms with E-state index in [1.54, 1.807) is 30.9 Å². The molecule has 21 heavy (non-hydrogen) atoms. The van der Waals surface area contributed by atoms with Crippen molar-refractivity contribution >= 4 is 12.0 Å². The molecule has 1 heterocycles. The third-order valence-electron chi connectivity index (χ3n) is 3.93. The topological polar surface area (TPSA) is 79.3 Å². The van der Waals surface area contributed by atoms with Gasteiger partial charge in [0.1, 0.15) is 0 Å². The van der Waals surface area contributed by atoms with Crippen LogP contribution in [0.2, 0.25) is 0 Å². The van der Waals surface area contributed by atoms with E-state index < -0.39 is 11.9 Å². The van der Waals surface area contributed by atoms with E-state index in [-0.39, 0.29) is 12.1 Å². The van der Waals surface area contributed by atoms with Crippen molar-refractivity contribution in [1.29, 1.82) is 0 Å². The van der Waals surface area contributed by atoms with Crippen molar-refractivity contribution in [3.63, 3.8) is 0 Å². The lowest BCUT2D eigenvalue weighted by molar-refractivity contribution is -0.142. The van der Waals surface area contributed by atoms with Crippen LogP contribution in [0.3, 0.4) is 0 Å². The number of ether oxygens (including phenoxy) is 2. The van der Waals surface area contributed by atoms with Gasteiger partial charge in [0.05, 0.1) is 12.5 Å². The highest BCUT2D eigenvalue weighted by molar-refractivity contribution is 5.78. The van der Waals surface area contributed by atoms with Crippen molar-refractivity contribution in [2.24, 2.45) is 5.92 Å². The first-order valence-electron chi connectivity index (χ1n) is 7.29. The molecule has 122 valence electrons. The molecule has 0 aromatic carbocycles. The Morgan fingerprint density at radius 1 is 1.24 bits per heavy atom. The van der Waals surface area contributed by atoms with Gasteiger partial charge in [0.2, 0.25) is 0 Å². The van der Waals surface area contributed by atoms with Crippen LogP contribution in [-0.4, -0.2) is 80.0 Å². The van der Waals surface area contributed by atoms with Crippen molar-refractivity contribution in [2.45, 2.75) is 25.8 Å². The van der Waals surface area contributed by atoms with Gasteiger partial charge in [0.25, 0.3) is 0 Å². The van der Waals surface area contributed by atoms with Crippen molar-refractivity contribution in [3.8, 4) is 0 Å². The molecular formula is C14H26N2O5. The van der Waals surface area contributed by atoms with E-state index in [0.717, 1.165) is 6.42 Å². The lowest BCUT2D eigenvalue weighted by Crippen LogP contribution is -2.47. The van der Waals surface area contributed by atoms with Gasteiger partial charge in [0.15, 0.2) is 0 Å². The second kappa shape index (κ2) is 8.84. The smallest absolute Gasteiger partial charge is 0.320 e. The summed E-state index contributed by atoms with van der Waals surface area (Å²) in [6, 6.07) is -0.387. The Hall–Kier alpha value is -1.34. The lowest BCUT2D eigenvalue weighted by Gasteiger charge is -2.31. The predicted octanol–water partition coefficient (Wildman–Crippen LogP) is 0.886. The Kier molecular flexibility index (Phi) is 7.45. The second-order valence-electron chi connectivity index (χ2n) is 5.28. The molecule has 1 rings (SSSR count). The zero-order valence-corrected chi connectivity index (χ0v) is 13.1. The van der Waals surface area contributed by atoms with E-state index in [1.165, 1.54) is 0 Å². The first kappa shape index (κ1) is 17.7. The normalized spacial score (nSPS) is 21.6. The molecule has 1 aliphatic heterocycles. The molecular weight excluding hydrogens is 276 g/mol. The summed E-state index contributed by atoms with van der Waals surface area (Å²) < 4.78 is 10.1. The van der Waals surface area contributed by atoms with Crippen LogP contribution >= 0.6 is 0 Å². The fourth-order valence-electron chi connectivity index (χ4n) is 2.63. The summed E-state index contributed by atoms with van der Waals surface area (Å²) in [4.78, 5) is 27.1. The zero-order chi connectivity index (χ0) is 15.8. The van der Waals surface area contributed by atoms with Crippen molar-refractivity contribution in [2.75, 3.05) is 47.1 Å². The maximum Gasteiger partial charge on any atom is 0.320 e. The molecule has 0 spiro atoms. The summed E-state index contributed by atoms with van der Waals surface area (Å²) in [5, 5.41) is 9.15. The van der Waals surface area contributed by atoms with E-state index in [1.807, 2.05) is 0 Å². The molecule has 0 radical (unpaired) electrons. The van der Waals surface area contributed by atoms with Crippen LogP contribution in [0.25, 0.3) is 0 Å². The average Bonchev–Trinajstić information content (AvgIpc) is 2.84. The molecule has 7 heteroatoms. The van der Waals surface area contributed by atoms with Crippen LogP contribution in [0.4, 0.5) is 4.79 Å². The van der Waals surface area contributed by atoms with Crippen LogP contribution in [0, 0.1) is 5.92 Å². The van der Waals surface area contributed by atoms with E-state index in [0.29, 0.717) is 39.3 Å². The molecule has 0 saturated carbocycles. The number of methoxy groups -OCH3 is 2. The number of carboxylic acids is 1. The molecule has 0 aromatic heterocycles. The molecule has 7 nitrogen and oxygen atoms in total. The first-order valence-corrected chi connectivity index (χ1v) is 7.29. The van der Waals surface area contributed by atoms with E-state index in [2.05, 4.69) is 0 Å². The SMILES string of the molecule is COCCCN(CCOC)C(=O)N1CCC(C(=O)O)C1C. The van der Waals surface area contributed by atoms with E-state index in [9.17, 15) is 9.59 Å². The number of carbonyl (C=O) groups excluding carboxylic acids is 1. The minimum absolute atomic E-state index is 0.112. The Morgan fingerprint density at radius 2 is 1.90 bits per heavy atom. The summed E-state index contributed by atoms with van der Waals surface area (Å²) in [6.45, 7) is 4.42. The van der Waals surface area contributed by atoms with Gasteiger partial charge >= 0.3 is 12.0 Å². The number of nitrogens with zero attached hydrogens (tertiary/aromatic N) is 2. The highest BCUT2D eigenvalue weighted by Crippen LogP contribution is 2.25. The van der Waals surface area contributed by atoms with E-state index >= 15 is 0 Å². The summed E-state index contributed by atoms with van der Waals surface area (Å²) in [5.74, 6) is -1.31. The molecule has 2 unspecified atom stereocenters. The van der Waals surface area contributed by atoms with Crippen LogP contribution in [0.15, 0.2) is 0 Å². The maximum absolute atomic E-state index is 12.6. The Labute approximate surface area is 125 Å². The summed E-state index contributed by atoms with van der Waals surface area (Å²) in [5.41, 5.74) is 0. The average molecular weight is 302 g/mol. The number of urea groups is 1. The predicted molar refractivity (Wildman–Crippen MR) is 77.2 cm³/mol. The van der Waals surface area contributed by atoms with Gasteiger partial charge in [-0.15, -0.1) is 0 Å². The third-order valence-corrected chi connectivity index (χ3v) is 3.93. The standard InChI is InChI=1S/C14H26N2O5/c1-11-12(13(17)18)5-7-16(11)14(19)15(8-10-21-3)6-4-9-20-2/h11-12H,4-10H2,1-3H3,(H,17,18). The summed E-state index contributed by atoms with van der Waals surface area (Å²) in [6.07, 6.45) is 1.26. The quantitative estimate of drug-likeness (QED) is 0.674. The molecule has 2 amide bonds. The largest absolute Gasteiger partial charge is 0.481 e. The number of aliphatic carboxylic acids is 1. The minimum atomic E-state index is -0.833. The Bertz CT molecular complexity index is 350. The van der Waals surface area contributed by atoms with Crippen LogP contribution in [0.1, 0.15) is 19.8 Å². The highest BCUT2D eigenvalue weighted by atomic mass is 16.5. The van der Waals surface area contributed by atoms with Crippen LogP contribution in [0.5, 0.6) is 0 Å². The zero-order valence-electron chi connectivity index (χ0n) is 13.1. The van der Waals surface area contributed by atoms with E-state index in [4.69, 9.17) is 14.6 Å². The maximum atomic E-state index is 12.6. The van der Waals surface area contributed by atoms with Gasteiger partial charge in [-0.1, -0.05) is 0 Å². The van der Waals surface area contributed by atoms with Gasteiger partial charge in [-0.05, 0) is 19.8 Å². The monoisotopic (exact) mass is 302 g/mol. The van der Waals surface area contributed by atoms with Crippen molar-refractivity contribution in [3.05, 3.63) is 0 Å². The number of rotatable bonds is 8. The molecule has 0 bridgehead atoms. The van der Waals surface area contributed by atoms with Crippen LogP contribution < -0.4 is 0 Å². The van der Waals surface area contributed by atoms with Gasteiger partial charge in [0, 0.05) is 46.5 Å².